The Hall–Kier alpha value is -1.59. The largest absolute Gasteiger partial charge is 0.281 e. The van der Waals surface area contributed by atoms with Gasteiger partial charge >= 0.3 is 0 Å². The molecule has 1 heterocycles. The predicted octanol–water partition coefficient (Wildman–Crippen LogP) is 8.40. The number of thiophene rings is 1. The quantitative estimate of drug-likeness (QED) is 0.208. The highest BCUT2D eigenvalue weighted by atomic mass is 127. The Morgan fingerprint density at radius 3 is 2.15 bits per heavy atom. The summed E-state index contributed by atoms with van der Waals surface area (Å²) in [5.74, 6) is 0. The second kappa shape index (κ2) is 7.10. The average molecular weight is 485 g/mol. The van der Waals surface area contributed by atoms with E-state index in [9.17, 15) is 0 Å². The lowest BCUT2D eigenvalue weighted by Gasteiger charge is -2.20. The summed E-state index contributed by atoms with van der Waals surface area (Å²) in [4.78, 5) is 0. The molecule has 0 spiro atoms. The van der Waals surface area contributed by atoms with E-state index in [0.717, 1.165) is 6.42 Å². The van der Waals surface area contributed by atoms with E-state index >= 15 is 0 Å². The smallest absolute Gasteiger partial charge is 0.0689 e. The zero-order valence-electron chi connectivity index (χ0n) is 16.2. The fraction of sp³-hybridized carbons (Fsp3) is 0.250. The first-order chi connectivity index (χ1) is 12.9. The Kier molecular flexibility index (Phi) is 4.93. The molecule has 0 radical (unpaired) electrons. The third-order valence-corrected chi connectivity index (χ3v) is 7.42. The molecule has 0 aliphatic heterocycles. The first-order valence-corrected chi connectivity index (χ1v) is 11.2. The lowest BCUT2D eigenvalue weighted by molar-refractivity contribution is 0.597. The van der Waals surface area contributed by atoms with Crippen LogP contribution in [0.25, 0.3) is 20.2 Å². The number of rotatable bonds is 3. The van der Waals surface area contributed by atoms with E-state index in [1.807, 2.05) is 11.3 Å². The van der Waals surface area contributed by atoms with Crippen LogP contribution in [0.4, 0.5) is 11.4 Å². The van der Waals surface area contributed by atoms with Gasteiger partial charge in [-0.3, -0.25) is 3.11 Å². The van der Waals surface area contributed by atoms with E-state index in [-0.39, 0.29) is 5.41 Å². The molecular weight excluding hydrogens is 461 g/mol. The molecule has 0 amide bonds. The third-order valence-electron chi connectivity index (χ3n) is 5.11. The maximum Gasteiger partial charge on any atom is 0.0689 e. The zero-order chi connectivity index (χ0) is 19.2. The standard InChI is InChI=1S/C24H24INS/c1-5-16-10-6-7-14-20(16)26(25)21-15-9-12-18-17-11-8-13-19(24(2,3)4)22(17)27-23(18)21/h6-15H,5H2,1-4H3. The number of halogens is 1. The van der Waals surface area contributed by atoms with Gasteiger partial charge in [-0.2, -0.15) is 0 Å². The van der Waals surface area contributed by atoms with Gasteiger partial charge in [-0.05, 0) is 35.1 Å². The monoisotopic (exact) mass is 485 g/mol. The van der Waals surface area contributed by atoms with Crippen molar-refractivity contribution in [1.29, 1.82) is 0 Å². The average Bonchev–Trinajstić information content (AvgIpc) is 3.05. The molecule has 0 N–H and O–H groups in total. The molecule has 4 aromatic rings. The topological polar surface area (TPSA) is 3.24 Å². The molecule has 0 aliphatic rings. The summed E-state index contributed by atoms with van der Waals surface area (Å²) in [5, 5.41) is 2.73. The molecule has 0 saturated heterocycles. The third kappa shape index (κ3) is 3.25. The minimum Gasteiger partial charge on any atom is -0.281 e. The molecule has 4 rings (SSSR count). The minimum absolute atomic E-state index is 0.138. The van der Waals surface area contributed by atoms with E-state index in [1.165, 1.54) is 42.7 Å². The van der Waals surface area contributed by atoms with Crippen LogP contribution in [0, 0.1) is 0 Å². The van der Waals surface area contributed by atoms with Crippen molar-refractivity contribution in [3.8, 4) is 0 Å². The minimum atomic E-state index is 0.138. The van der Waals surface area contributed by atoms with Gasteiger partial charge in [0.15, 0.2) is 0 Å². The molecule has 3 heteroatoms. The maximum absolute atomic E-state index is 2.46. The van der Waals surface area contributed by atoms with Crippen molar-refractivity contribution in [3.05, 3.63) is 71.8 Å². The van der Waals surface area contributed by atoms with Crippen molar-refractivity contribution < 1.29 is 0 Å². The molecule has 0 atom stereocenters. The highest BCUT2D eigenvalue weighted by Gasteiger charge is 2.21. The molecule has 0 bridgehead atoms. The van der Waals surface area contributed by atoms with Gasteiger partial charge in [0, 0.05) is 15.5 Å². The fourth-order valence-electron chi connectivity index (χ4n) is 3.68. The molecule has 0 saturated carbocycles. The molecule has 0 aliphatic carbocycles. The van der Waals surface area contributed by atoms with Crippen LogP contribution in [-0.4, -0.2) is 0 Å². The Labute approximate surface area is 179 Å². The number of anilines is 2. The van der Waals surface area contributed by atoms with Crippen molar-refractivity contribution in [2.75, 3.05) is 3.11 Å². The van der Waals surface area contributed by atoms with Gasteiger partial charge in [-0.1, -0.05) is 76.2 Å². The van der Waals surface area contributed by atoms with Crippen LogP contribution in [0.15, 0.2) is 60.7 Å². The molecule has 138 valence electrons. The Morgan fingerprint density at radius 1 is 0.815 bits per heavy atom. The van der Waals surface area contributed by atoms with E-state index < -0.39 is 0 Å². The first-order valence-electron chi connectivity index (χ1n) is 9.40. The fourth-order valence-corrected chi connectivity index (χ4v) is 6.25. The highest BCUT2D eigenvalue weighted by molar-refractivity contribution is 14.1. The van der Waals surface area contributed by atoms with Gasteiger partial charge in [0.05, 0.1) is 38.9 Å². The summed E-state index contributed by atoms with van der Waals surface area (Å²) in [7, 11) is 0. The van der Waals surface area contributed by atoms with Crippen LogP contribution in [-0.2, 0) is 11.8 Å². The van der Waals surface area contributed by atoms with Gasteiger partial charge in [0.25, 0.3) is 0 Å². The SMILES string of the molecule is CCc1ccccc1N(I)c1cccc2c1sc1c(C(C)(C)C)cccc12. The van der Waals surface area contributed by atoms with Crippen molar-refractivity contribution in [1.82, 2.24) is 0 Å². The maximum atomic E-state index is 2.46. The predicted molar refractivity (Wildman–Crippen MR) is 130 cm³/mol. The summed E-state index contributed by atoms with van der Waals surface area (Å²) in [6, 6.07) is 22.2. The normalized spacial score (nSPS) is 12.0. The number of fused-ring (bicyclic) bond motifs is 3. The number of aryl methyl sites for hydroxylation is 1. The summed E-state index contributed by atoms with van der Waals surface area (Å²) >= 11 is 4.39. The van der Waals surface area contributed by atoms with Gasteiger partial charge in [0.2, 0.25) is 0 Å². The number of para-hydroxylation sites is 1. The van der Waals surface area contributed by atoms with Crippen molar-refractivity contribution in [2.24, 2.45) is 0 Å². The van der Waals surface area contributed by atoms with Crippen molar-refractivity contribution in [2.45, 2.75) is 39.5 Å². The van der Waals surface area contributed by atoms with Crippen LogP contribution in [0.2, 0.25) is 0 Å². The number of hydrogen-bond donors (Lipinski definition) is 0. The molecule has 0 fully saturated rings. The zero-order valence-corrected chi connectivity index (χ0v) is 19.2. The highest BCUT2D eigenvalue weighted by Crippen LogP contribution is 2.46. The van der Waals surface area contributed by atoms with Gasteiger partial charge < -0.3 is 0 Å². The second-order valence-corrected chi connectivity index (χ2v) is 9.94. The van der Waals surface area contributed by atoms with Gasteiger partial charge in [-0.15, -0.1) is 11.3 Å². The number of hydrogen-bond acceptors (Lipinski definition) is 2. The van der Waals surface area contributed by atoms with Crippen molar-refractivity contribution >= 4 is 65.7 Å². The summed E-state index contributed by atoms with van der Waals surface area (Å²) < 4.78 is 5.11. The van der Waals surface area contributed by atoms with Crippen LogP contribution >= 0.6 is 34.2 Å². The van der Waals surface area contributed by atoms with Crippen LogP contribution in [0.5, 0.6) is 0 Å². The molecule has 1 aromatic heterocycles. The molecule has 1 nitrogen and oxygen atoms in total. The Balaban J connectivity index is 1.98. The number of nitrogens with zero attached hydrogens (tertiary/aromatic N) is 1. The second-order valence-electron chi connectivity index (χ2n) is 7.95. The first kappa shape index (κ1) is 18.8. The molecule has 0 unspecified atom stereocenters. The molecular formula is C24H24INS. The van der Waals surface area contributed by atoms with E-state index in [0.29, 0.717) is 0 Å². The molecule has 27 heavy (non-hydrogen) atoms. The summed E-state index contributed by atoms with van der Waals surface area (Å²) in [6.07, 6.45) is 1.03. The van der Waals surface area contributed by atoms with Gasteiger partial charge in [0.1, 0.15) is 0 Å². The van der Waals surface area contributed by atoms with E-state index in [4.69, 9.17) is 0 Å². The molecule has 3 aromatic carbocycles. The van der Waals surface area contributed by atoms with Gasteiger partial charge in [-0.25, -0.2) is 0 Å². The lowest BCUT2D eigenvalue weighted by Crippen LogP contribution is -2.10. The van der Waals surface area contributed by atoms with E-state index in [2.05, 4.69) is 114 Å². The Bertz CT molecular complexity index is 1120. The van der Waals surface area contributed by atoms with Crippen LogP contribution < -0.4 is 3.11 Å². The lowest BCUT2D eigenvalue weighted by atomic mass is 9.86. The Morgan fingerprint density at radius 2 is 1.44 bits per heavy atom. The van der Waals surface area contributed by atoms with Crippen molar-refractivity contribution in [3.63, 3.8) is 0 Å². The summed E-state index contributed by atoms with van der Waals surface area (Å²) in [5.41, 5.74) is 5.50. The van der Waals surface area contributed by atoms with E-state index in [1.54, 1.807) is 0 Å². The summed E-state index contributed by atoms with van der Waals surface area (Å²) in [6.45, 7) is 9.12. The number of benzene rings is 3. The van der Waals surface area contributed by atoms with Crippen LogP contribution in [0.3, 0.4) is 0 Å². The van der Waals surface area contributed by atoms with Crippen LogP contribution in [0.1, 0.15) is 38.8 Å².